The number of benzene rings is 1. The minimum Gasteiger partial charge on any atom is -0.323 e. The Morgan fingerprint density at radius 3 is 2.89 bits per heavy atom. The number of hydrogen-bond acceptors (Lipinski definition) is 3. The fourth-order valence-electron chi connectivity index (χ4n) is 1.83. The van der Waals surface area contributed by atoms with E-state index in [-0.39, 0.29) is 5.91 Å². The maximum Gasteiger partial charge on any atom is 0.244 e. The summed E-state index contributed by atoms with van der Waals surface area (Å²) in [5.74, 6) is -0.178. The lowest BCUT2D eigenvalue weighted by atomic mass is 10.2. The smallest absolute Gasteiger partial charge is 0.244 e. The van der Waals surface area contributed by atoms with E-state index >= 15 is 0 Å². The Morgan fingerprint density at radius 2 is 2.26 bits per heavy atom. The number of amides is 1. The van der Waals surface area contributed by atoms with E-state index in [1.165, 1.54) is 0 Å². The van der Waals surface area contributed by atoms with E-state index in [1.54, 1.807) is 35.3 Å². The highest BCUT2D eigenvalue weighted by molar-refractivity contribution is 6.31. The highest BCUT2D eigenvalue weighted by Crippen LogP contribution is 2.34. The number of nitrogens with zero attached hydrogens (tertiary/aromatic N) is 2. The molecule has 5 nitrogen and oxygen atoms in total. The van der Waals surface area contributed by atoms with Gasteiger partial charge in [-0.15, -0.1) is 0 Å². The SMILES string of the molecule is NC1(C(=O)Nc2cc(Cl)ccc2-n2cccn2)CC1. The van der Waals surface area contributed by atoms with Crippen LogP contribution in [0.25, 0.3) is 5.69 Å². The van der Waals surface area contributed by atoms with Crippen LogP contribution in [0.1, 0.15) is 12.8 Å². The molecule has 0 spiro atoms. The molecule has 1 amide bonds. The molecule has 6 heteroatoms. The predicted molar refractivity (Wildman–Crippen MR) is 73.4 cm³/mol. The summed E-state index contributed by atoms with van der Waals surface area (Å²) >= 11 is 5.98. The topological polar surface area (TPSA) is 72.9 Å². The minimum atomic E-state index is -0.719. The van der Waals surface area contributed by atoms with Crippen LogP contribution in [0.3, 0.4) is 0 Å². The maximum absolute atomic E-state index is 12.0. The number of carbonyl (C=O) groups excluding carboxylic acids is 1. The zero-order valence-electron chi connectivity index (χ0n) is 10.1. The third-order valence-electron chi connectivity index (χ3n) is 3.20. The van der Waals surface area contributed by atoms with E-state index in [0.29, 0.717) is 10.7 Å². The summed E-state index contributed by atoms with van der Waals surface area (Å²) in [5, 5.41) is 7.53. The van der Waals surface area contributed by atoms with Crippen molar-refractivity contribution >= 4 is 23.2 Å². The van der Waals surface area contributed by atoms with Crippen molar-refractivity contribution in [3.05, 3.63) is 41.7 Å². The third kappa shape index (κ3) is 2.34. The van der Waals surface area contributed by atoms with Gasteiger partial charge in [-0.3, -0.25) is 4.79 Å². The lowest BCUT2D eigenvalue weighted by molar-refractivity contribution is -0.118. The van der Waals surface area contributed by atoms with Crippen LogP contribution in [0.2, 0.25) is 5.02 Å². The van der Waals surface area contributed by atoms with Gasteiger partial charge in [-0.2, -0.15) is 5.10 Å². The average Bonchev–Trinajstić information content (AvgIpc) is 2.92. The summed E-state index contributed by atoms with van der Waals surface area (Å²) in [4.78, 5) is 12.0. The lowest BCUT2D eigenvalue weighted by Gasteiger charge is -2.14. The first kappa shape index (κ1) is 12.2. The lowest BCUT2D eigenvalue weighted by Crippen LogP contribution is -2.38. The zero-order chi connectivity index (χ0) is 13.5. The number of aromatic nitrogens is 2. The number of hydrogen-bond donors (Lipinski definition) is 2. The van der Waals surface area contributed by atoms with Crippen molar-refractivity contribution in [3.63, 3.8) is 0 Å². The number of nitrogens with one attached hydrogen (secondary N) is 1. The van der Waals surface area contributed by atoms with Gasteiger partial charge in [-0.05, 0) is 37.1 Å². The van der Waals surface area contributed by atoms with Crippen LogP contribution >= 0.6 is 11.6 Å². The van der Waals surface area contributed by atoms with Gasteiger partial charge in [0, 0.05) is 17.4 Å². The number of anilines is 1. The number of nitrogens with two attached hydrogens (primary N) is 1. The summed E-state index contributed by atoms with van der Waals surface area (Å²) in [7, 11) is 0. The molecule has 1 heterocycles. The molecular weight excluding hydrogens is 264 g/mol. The molecule has 3 N–H and O–H groups in total. The molecule has 0 aliphatic heterocycles. The van der Waals surface area contributed by atoms with Crippen molar-refractivity contribution in [2.45, 2.75) is 18.4 Å². The van der Waals surface area contributed by atoms with Gasteiger partial charge in [0.1, 0.15) is 0 Å². The third-order valence-corrected chi connectivity index (χ3v) is 3.43. The van der Waals surface area contributed by atoms with Crippen LogP contribution in [0, 0.1) is 0 Å². The first-order chi connectivity index (χ1) is 9.08. The highest BCUT2D eigenvalue weighted by Gasteiger charge is 2.46. The van der Waals surface area contributed by atoms with Gasteiger partial charge >= 0.3 is 0 Å². The molecule has 19 heavy (non-hydrogen) atoms. The fourth-order valence-corrected chi connectivity index (χ4v) is 2.00. The summed E-state index contributed by atoms with van der Waals surface area (Å²) in [6.45, 7) is 0. The predicted octanol–water partition coefficient (Wildman–Crippen LogP) is 1.96. The molecule has 98 valence electrons. The summed E-state index contributed by atoms with van der Waals surface area (Å²) < 4.78 is 1.67. The Labute approximate surface area is 115 Å². The van der Waals surface area contributed by atoms with Gasteiger partial charge in [0.25, 0.3) is 0 Å². The van der Waals surface area contributed by atoms with Crippen LogP contribution in [0.4, 0.5) is 5.69 Å². The van der Waals surface area contributed by atoms with E-state index in [1.807, 2.05) is 6.07 Å². The summed E-state index contributed by atoms with van der Waals surface area (Å²) in [6, 6.07) is 7.07. The maximum atomic E-state index is 12.0. The van der Waals surface area contributed by atoms with E-state index in [2.05, 4.69) is 10.4 Å². The second-order valence-electron chi connectivity index (χ2n) is 4.72. The average molecular weight is 277 g/mol. The van der Waals surface area contributed by atoms with Crippen LogP contribution < -0.4 is 11.1 Å². The molecule has 1 aliphatic carbocycles. The largest absolute Gasteiger partial charge is 0.323 e. The van der Waals surface area contributed by atoms with Crippen molar-refractivity contribution in [2.24, 2.45) is 5.73 Å². The van der Waals surface area contributed by atoms with Crippen molar-refractivity contribution in [1.82, 2.24) is 9.78 Å². The van der Waals surface area contributed by atoms with Crippen LogP contribution in [0.15, 0.2) is 36.7 Å². The van der Waals surface area contributed by atoms with Crippen molar-refractivity contribution in [3.8, 4) is 5.69 Å². The molecule has 1 fully saturated rings. The molecular formula is C13H13ClN4O. The van der Waals surface area contributed by atoms with Gasteiger partial charge in [0.05, 0.1) is 16.9 Å². The van der Waals surface area contributed by atoms with Crippen LogP contribution in [-0.4, -0.2) is 21.2 Å². The Balaban J connectivity index is 1.95. The first-order valence-electron chi connectivity index (χ1n) is 5.98. The molecule has 0 saturated heterocycles. The molecule has 1 aromatic carbocycles. The van der Waals surface area contributed by atoms with E-state index in [0.717, 1.165) is 18.5 Å². The molecule has 0 radical (unpaired) electrons. The normalized spacial score (nSPS) is 16.1. The van der Waals surface area contributed by atoms with Crippen molar-refractivity contribution in [1.29, 1.82) is 0 Å². The molecule has 1 aliphatic rings. The Hall–Kier alpha value is -1.85. The van der Waals surface area contributed by atoms with Gasteiger partial charge in [0.2, 0.25) is 5.91 Å². The summed E-state index contributed by atoms with van der Waals surface area (Å²) in [6.07, 6.45) is 4.91. The molecule has 1 saturated carbocycles. The first-order valence-corrected chi connectivity index (χ1v) is 6.36. The molecule has 1 aromatic heterocycles. The Bertz CT molecular complexity index is 620. The Morgan fingerprint density at radius 1 is 1.47 bits per heavy atom. The number of halogens is 1. The van der Waals surface area contributed by atoms with Gasteiger partial charge in [-0.25, -0.2) is 4.68 Å². The van der Waals surface area contributed by atoms with Gasteiger partial charge < -0.3 is 11.1 Å². The summed E-state index contributed by atoms with van der Waals surface area (Å²) in [5.41, 5.74) is 6.52. The number of rotatable bonds is 3. The van der Waals surface area contributed by atoms with Gasteiger partial charge in [0.15, 0.2) is 0 Å². The van der Waals surface area contributed by atoms with Crippen molar-refractivity contribution < 1.29 is 4.79 Å². The van der Waals surface area contributed by atoms with E-state index in [9.17, 15) is 4.79 Å². The fraction of sp³-hybridized carbons (Fsp3) is 0.231. The Kier molecular flexibility index (Phi) is 2.80. The second kappa shape index (κ2) is 4.36. The standard InChI is InChI=1S/C13H13ClN4O/c14-9-2-3-11(18-7-1-6-16-18)10(8-9)17-12(19)13(15)4-5-13/h1-3,6-8H,4-5,15H2,(H,17,19). The molecule has 0 atom stereocenters. The van der Waals surface area contributed by atoms with Crippen LogP contribution in [-0.2, 0) is 4.79 Å². The minimum absolute atomic E-state index is 0.178. The van der Waals surface area contributed by atoms with Crippen molar-refractivity contribution in [2.75, 3.05) is 5.32 Å². The molecule has 0 bridgehead atoms. The van der Waals surface area contributed by atoms with Crippen LogP contribution in [0.5, 0.6) is 0 Å². The molecule has 3 rings (SSSR count). The monoisotopic (exact) mass is 276 g/mol. The zero-order valence-corrected chi connectivity index (χ0v) is 10.9. The quantitative estimate of drug-likeness (QED) is 0.900. The number of carbonyl (C=O) groups is 1. The second-order valence-corrected chi connectivity index (χ2v) is 5.16. The van der Waals surface area contributed by atoms with Gasteiger partial charge in [-0.1, -0.05) is 11.6 Å². The highest BCUT2D eigenvalue weighted by atomic mass is 35.5. The van der Waals surface area contributed by atoms with E-state index in [4.69, 9.17) is 17.3 Å². The molecule has 2 aromatic rings. The van der Waals surface area contributed by atoms with E-state index < -0.39 is 5.54 Å². The molecule has 0 unspecified atom stereocenters.